The number of hydrogen-bond donors (Lipinski definition) is 2. The van der Waals surface area contributed by atoms with E-state index in [2.05, 4.69) is 29.5 Å². The normalized spacial score (nSPS) is 24.4. The van der Waals surface area contributed by atoms with Crippen LogP contribution in [0.3, 0.4) is 0 Å². The molecule has 1 saturated carbocycles. The Kier molecular flexibility index (Phi) is 7.00. The zero-order valence-corrected chi connectivity index (χ0v) is 15.8. The van der Waals surface area contributed by atoms with E-state index < -0.39 is 12.7 Å². The second kappa shape index (κ2) is 8.60. The number of guanidine groups is 1. The molecule has 0 bridgehead atoms. The molecule has 1 aliphatic heterocycles. The van der Waals surface area contributed by atoms with Crippen molar-refractivity contribution in [2.75, 3.05) is 39.8 Å². The van der Waals surface area contributed by atoms with E-state index in [4.69, 9.17) is 0 Å². The first-order valence-electron chi connectivity index (χ1n) is 9.45. The number of rotatable bonds is 7. The van der Waals surface area contributed by atoms with Crippen molar-refractivity contribution in [1.82, 2.24) is 15.5 Å². The molecule has 146 valence electrons. The van der Waals surface area contributed by atoms with Gasteiger partial charge in [-0.25, -0.2) is 0 Å². The Bertz CT molecular complexity index is 444. The highest BCUT2D eigenvalue weighted by Gasteiger charge is 2.37. The van der Waals surface area contributed by atoms with Crippen LogP contribution in [0.15, 0.2) is 4.99 Å². The van der Waals surface area contributed by atoms with E-state index in [0.717, 1.165) is 18.9 Å². The van der Waals surface area contributed by atoms with Gasteiger partial charge < -0.3 is 10.6 Å². The topological polar surface area (TPSA) is 39.7 Å². The van der Waals surface area contributed by atoms with E-state index in [-0.39, 0.29) is 5.92 Å². The first kappa shape index (κ1) is 20.3. The average Bonchev–Trinajstić information content (AvgIpc) is 2.89. The zero-order valence-electron chi connectivity index (χ0n) is 15.8. The molecule has 1 aliphatic carbocycles. The van der Waals surface area contributed by atoms with Crippen molar-refractivity contribution in [1.29, 1.82) is 0 Å². The van der Waals surface area contributed by atoms with E-state index >= 15 is 0 Å². The van der Waals surface area contributed by atoms with Gasteiger partial charge in [-0.3, -0.25) is 9.89 Å². The van der Waals surface area contributed by atoms with E-state index in [1.165, 1.54) is 30.6 Å². The van der Waals surface area contributed by atoms with Crippen LogP contribution in [-0.2, 0) is 0 Å². The Balaban J connectivity index is 1.70. The fourth-order valence-corrected chi connectivity index (χ4v) is 4.21. The summed E-state index contributed by atoms with van der Waals surface area (Å²) in [5.41, 5.74) is 0.392. The minimum absolute atomic E-state index is 0.245. The molecule has 0 aromatic carbocycles. The Morgan fingerprint density at radius 2 is 2.00 bits per heavy atom. The smallest absolute Gasteiger partial charge is 0.356 e. The fraction of sp³-hybridized carbons (Fsp3) is 0.944. The molecule has 2 fully saturated rings. The molecule has 1 heterocycles. The minimum Gasteiger partial charge on any atom is -0.356 e. The molecule has 2 rings (SSSR count). The highest BCUT2D eigenvalue weighted by Crippen LogP contribution is 2.45. The third-order valence-electron chi connectivity index (χ3n) is 5.44. The largest absolute Gasteiger partial charge is 0.401 e. The van der Waals surface area contributed by atoms with E-state index in [0.29, 0.717) is 31.0 Å². The first-order valence-corrected chi connectivity index (χ1v) is 9.45. The molecule has 0 aromatic rings. The zero-order chi connectivity index (χ0) is 18.5. The van der Waals surface area contributed by atoms with Crippen molar-refractivity contribution >= 4 is 5.96 Å². The summed E-state index contributed by atoms with van der Waals surface area (Å²) < 4.78 is 37.4. The lowest BCUT2D eigenvalue weighted by Gasteiger charge is -2.43. The van der Waals surface area contributed by atoms with Crippen LogP contribution in [0.25, 0.3) is 0 Å². The summed E-state index contributed by atoms with van der Waals surface area (Å²) in [6.45, 7) is 6.35. The summed E-state index contributed by atoms with van der Waals surface area (Å²) >= 11 is 0. The predicted molar refractivity (Wildman–Crippen MR) is 95.7 cm³/mol. The van der Waals surface area contributed by atoms with Crippen LogP contribution in [0, 0.1) is 17.3 Å². The lowest BCUT2D eigenvalue weighted by atomic mass is 9.64. The molecule has 0 spiro atoms. The van der Waals surface area contributed by atoms with Crippen LogP contribution in [0.5, 0.6) is 0 Å². The molecule has 4 nitrogen and oxygen atoms in total. The lowest BCUT2D eigenvalue weighted by Crippen LogP contribution is -2.48. The Morgan fingerprint density at radius 3 is 2.52 bits per heavy atom. The van der Waals surface area contributed by atoms with Crippen molar-refractivity contribution in [2.45, 2.75) is 52.1 Å². The number of alkyl halides is 3. The van der Waals surface area contributed by atoms with E-state index in [9.17, 15) is 13.2 Å². The average molecular weight is 362 g/mol. The summed E-state index contributed by atoms with van der Waals surface area (Å²) in [5, 5.41) is 6.74. The molecule has 0 amide bonds. The monoisotopic (exact) mass is 362 g/mol. The SMILES string of the molecule is CN=C(NCC1CCN(CC(F)(F)F)C1)NCC1(CC(C)C)CCC1. The van der Waals surface area contributed by atoms with Gasteiger partial charge in [-0.05, 0) is 49.5 Å². The van der Waals surface area contributed by atoms with Gasteiger partial charge >= 0.3 is 6.18 Å². The van der Waals surface area contributed by atoms with Gasteiger partial charge in [0.2, 0.25) is 0 Å². The van der Waals surface area contributed by atoms with Gasteiger partial charge in [-0.1, -0.05) is 20.3 Å². The second-order valence-electron chi connectivity index (χ2n) is 8.26. The number of aliphatic imine (C=N–C) groups is 1. The van der Waals surface area contributed by atoms with Crippen molar-refractivity contribution < 1.29 is 13.2 Å². The molecule has 0 aromatic heterocycles. The highest BCUT2D eigenvalue weighted by molar-refractivity contribution is 5.79. The van der Waals surface area contributed by atoms with E-state index in [1.807, 2.05) is 0 Å². The Hall–Kier alpha value is -0.980. The molecule has 25 heavy (non-hydrogen) atoms. The Labute approximate surface area is 149 Å². The van der Waals surface area contributed by atoms with Crippen LogP contribution < -0.4 is 10.6 Å². The van der Waals surface area contributed by atoms with Crippen LogP contribution in [-0.4, -0.2) is 56.8 Å². The van der Waals surface area contributed by atoms with Crippen molar-refractivity contribution in [3.8, 4) is 0 Å². The summed E-state index contributed by atoms with van der Waals surface area (Å²) in [6.07, 6.45) is 1.77. The summed E-state index contributed by atoms with van der Waals surface area (Å²) in [5.74, 6) is 1.70. The minimum atomic E-state index is -4.10. The predicted octanol–water partition coefficient (Wildman–Crippen LogP) is 3.25. The van der Waals surface area contributed by atoms with Gasteiger partial charge in [0, 0.05) is 26.7 Å². The van der Waals surface area contributed by atoms with Crippen molar-refractivity contribution in [2.24, 2.45) is 22.2 Å². The van der Waals surface area contributed by atoms with Gasteiger partial charge in [0.15, 0.2) is 5.96 Å². The molecular weight excluding hydrogens is 329 g/mol. The summed E-state index contributed by atoms with van der Waals surface area (Å²) in [4.78, 5) is 5.76. The Morgan fingerprint density at radius 1 is 1.28 bits per heavy atom. The fourth-order valence-electron chi connectivity index (χ4n) is 4.21. The van der Waals surface area contributed by atoms with Gasteiger partial charge in [0.25, 0.3) is 0 Å². The third kappa shape index (κ3) is 6.68. The van der Waals surface area contributed by atoms with Gasteiger partial charge in [0.05, 0.1) is 6.54 Å². The van der Waals surface area contributed by atoms with Crippen LogP contribution >= 0.6 is 0 Å². The summed E-state index contributed by atoms with van der Waals surface area (Å²) in [6, 6.07) is 0. The molecule has 1 saturated heterocycles. The summed E-state index contributed by atoms with van der Waals surface area (Å²) in [7, 11) is 1.75. The lowest BCUT2D eigenvalue weighted by molar-refractivity contribution is -0.143. The maximum absolute atomic E-state index is 12.5. The second-order valence-corrected chi connectivity index (χ2v) is 8.26. The quantitative estimate of drug-likeness (QED) is 0.539. The maximum atomic E-state index is 12.5. The van der Waals surface area contributed by atoms with Gasteiger partial charge in [-0.15, -0.1) is 0 Å². The third-order valence-corrected chi connectivity index (χ3v) is 5.44. The maximum Gasteiger partial charge on any atom is 0.401 e. The molecule has 0 radical (unpaired) electrons. The number of halogens is 3. The van der Waals surface area contributed by atoms with Crippen molar-refractivity contribution in [3.63, 3.8) is 0 Å². The van der Waals surface area contributed by atoms with Crippen LogP contribution in [0.4, 0.5) is 13.2 Å². The van der Waals surface area contributed by atoms with E-state index in [1.54, 1.807) is 7.05 Å². The number of hydrogen-bond acceptors (Lipinski definition) is 2. The van der Waals surface area contributed by atoms with Crippen LogP contribution in [0.1, 0.15) is 46.0 Å². The number of likely N-dealkylation sites (tertiary alicyclic amines) is 1. The number of nitrogens with one attached hydrogen (secondary N) is 2. The number of nitrogens with zero attached hydrogens (tertiary/aromatic N) is 2. The molecule has 2 N–H and O–H groups in total. The van der Waals surface area contributed by atoms with Gasteiger partial charge in [-0.2, -0.15) is 13.2 Å². The standard InChI is InChI=1S/C18H33F3N4/c1-14(2)9-17(6-4-7-17)12-24-16(22-3)23-10-15-5-8-25(11-15)13-18(19,20)21/h14-15H,4-13H2,1-3H3,(H2,22,23,24). The van der Waals surface area contributed by atoms with Crippen LogP contribution in [0.2, 0.25) is 0 Å². The molecule has 1 unspecified atom stereocenters. The van der Waals surface area contributed by atoms with Gasteiger partial charge in [0.1, 0.15) is 0 Å². The molecule has 2 aliphatic rings. The highest BCUT2D eigenvalue weighted by atomic mass is 19.4. The van der Waals surface area contributed by atoms with Crippen molar-refractivity contribution in [3.05, 3.63) is 0 Å². The molecule has 1 atom stereocenters. The first-order chi connectivity index (χ1) is 11.7. The molecule has 7 heteroatoms. The molecular formula is C18H33F3N4.